The van der Waals surface area contributed by atoms with Crippen molar-refractivity contribution in [1.29, 1.82) is 0 Å². The average Bonchev–Trinajstić information content (AvgIpc) is 3.19. The van der Waals surface area contributed by atoms with Crippen LogP contribution in [0.15, 0.2) is 48.5 Å². The SMILES string of the molecule is O=C(ON1C(=O)c2ccccc2C1=O)c1ccc(N2CC3CCC(C2)O3)cc1. The minimum atomic E-state index is -0.747. The van der Waals surface area contributed by atoms with Gasteiger partial charge in [-0.25, -0.2) is 4.79 Å². The number of hydrogen-bond acceptors (Lipinski definition) is 6. The zero-order valence-electron chi connectivity index (χ0n) is 15.0. The Morgan fingerprint density at radius 2 is 1.46 bits per heavy atom. The summed E-state index contributed by atoms with van der Waals surface area (Å²) in [5.41, 5.74) is 1.75. The Hall–Kier alpha value is -3.19. The Morgan fingerprint density at radius 3 is 2.04 bits per heavy atom. The molecule has 28 heavy (non-hydrogen) atoms. The van der Waals surface area contributed by atoms with E-state index in [0.717, 1.165) is 31.6 Å². The summed E-state index contributed by atoms with van der Waals surface area (Å²) in [4.78, 5) is 44.4. The molecule has 2 unspecified atom stereocenters. The van der Waals surface area contributed by atoms with Gasteiger partial charge in [0.1, 0.15) is 0 Å². The predicted octanol–water partition coefficient (Wildman–Crippen LogP) is 2.42. The number of benzene rings is 2. The highest BCUT2D eigenvalue weighted by Gasteiger charge is 2.39. The lowest BCUT2D eigenvalue weighted by atomic mass is 10.1. The highest BCUT2D eigenvalue weighted by Crippen LogP contribution is 2.30. The van der Waals surface area contributed by atoms with Crippen molar-refractivity contribution in [3.8, 4) is 0 Å². The topological polar surface area (TPSA) is 76.2 Å². The minimum absolute atomic E-state index is 0.234. The number of ether oxygens (including phenoxy) is 1. The highest BCUT2D eigenvalue weighted by atomic mass is 16.7. The third-order valence-electron chi connectivity index (χ3n) is 5.44. The van der Waals surface area contributed by atoms with E-state index in [1.165, 1.54) is 12.1 Å². The van der Waals surface area contributed by atoms with Crippen LogP contribution in [0.4, 0.5) is 5.69 Å². The van der Waals surface area contributed by atoms with Gasteiger partial charge in [-0.05, 0) is 49.2 Å². The molecule has 3 heterocycles. The van der Waals surface area contributed by atoms with E-state index >= 15 is 0 Å². The summed E-state index contributed by atoms with van der Waals surface area (Å²) in [7, 11) is 0. The molecular weight excluding hydrogens is 360 g/mol. The molecule has 0 aromatic heterocycles. The van der Waals surface area contributed by atoms with Crippen molar-refractivity contribution in [3.63, 3.8) is 0 Å². The number of nitrogens with zero attached hydrogens (tertiary/aromatic N) is 2. The summed E-state index contributed by atoms with van der Waals surface area (Å²) in [5.74, 6) is -2.01. The van der Waals surface area contributed by atoms with Gasteiger partial charge in [-0.2, -0.15) is 0 Å². The van der Waals surface area contributed by atoms with Crippen molar-refractivity contribution in [2.24, 2.45) is 0 Å². The number of hydroxylamine groups is 2. The van der Waals surface area contributed by atoms with Crippen LogP contribution in [0, 0.1) is 0 Å². The van der Waals surface area contributed by atoms with E-state index in [0.29, 0.717) is 5.06 Å². The van der Waals surface area contributed by atoms with Gasteiger partial charge in [0.25, 0.3) is 11.8 Å². The second-order valence-electron chi connectivity index (χ2n) is 7.24. The number of anilines is 1. The van der Waals surface area contributed by atoms with E-state index in [1.807, 2.05) is 12.1 Å². The molecule has 2 aromatic rings. The second-order valence-corrected chi connectivity index (χ2v) is 7.24. The van der Waals surface area contributed by atoms with Crippen LogP contribution in [-0.2, 0) is 9.57 Å². The lowest BCUT2D eigenvalue weighted by Gasteiger charge is -2.33. The summed E-state index contributed by atoms with van der Waals surface area (Å²) in [6, 6.07) is 13.4. The summed E-state index contributed by atoms with van der Waals surface area (Å²) in [5, 5.41) is 0.528. The molecule has 7 nitrogen and oxygen atoms in total. The number of morpholine rings is 1. The Kier molecular flexibility index (Phi) is 3.91. The zero-order valence-corrected chi connectivity index (χ0v) is 15.0. The molecule has 2 amide bonds. The Bertz CT molecular complexity index is 924. The van der Waals surface area contributed by atoms with Crippen LogP contribution in [0.2, 0.25) is 0 Å². The molecule has 2 aromatic carbocycles. The molecule has 0 radical (unpaired) electrons. The lowest BCUT2D eigenvalue weighted by Crippen LogP contribution is -2.42. The third kappa shape index (κ3) is 2.75. The first kappa shape index (κ1) is 16.9. The van der Waals surface area contributed by atoms with E-state index in [2.05, 4.69) is 4.90 Å². The second kappa shape index (κ2) is 6.45. The van der Waals surface area contributed by atoms with Gasteiger partial charge >= 0.3 is 5.97 Å². The van der Waals surface area contributed by atoms with E-state index in [1.54, 1.807) is 24.3 Å². The maximum Gasteiger partial charge on any atom is 0.363 e. The van der Waals surface area contributed by atoms with E-state index < -0.39 is 17.8 Å². The lowest BCUT2D eigenvalue weighted by molar-refractivity contribution is -0.0584. The van der Waals surface area contributed by atoms with Crippen LogP contribution in [0.5, 0.6) is 0 Å². The quantitative estimate of drug-likeness (QED) is 0.764. The fourth-order valence-electron chi connectivity index (χ4n) is 4.02. The number of hydrogen-bond donors (Lipinski definition) is 0. The fraction of sp³-hybridized carbons (Fsp3) is 0.286. The van der Waals surface area contributed by atoms with Crippen LogP contribution in [0.1, 0.15) is 43.9 Å². The molecule has 7 heteroatoms. The van der Waals surface area contributed by atoms with Crippen LogP contribution in [0.3, 0.4) is 0 Å². The van der Waals surface area contributed by atoms with E-state index in [-0.39, 0.29) is 28.9 Å². The van der Waals surface area contributed by atoms with Gasteiger partial charge in [-0.15, -0.1) is 0 Å². The number of carbonyl (C=O) groups excluding carboxylic acids is 3. The van der Waals surface area contributed by atoms with Crippen molar-refractivity contribution in [2.75, 3.05) is 18.0 Å². The largest absolute Gasteiger partial charge is 0.371 e. The molecule has 2 fully saturated rings. The molecule has 2 bridgehead atoms. The van der Waals surface area contributed by atoms with Crippen molar-refractivity contribution in [3.05, 3.63) is 65.2 Å². The van der Waals surface area contributed by atoms with Gasteiger partial charge in [-0.3, -0.25) is 9.59 Å². The number of carbonyl (C=O) groups is 3. The zero-order chi connectivity index (χ0) is 19.3. The molecule has 5 rings (SSSR count). The number of amides is 2. The number of imide groups is 1. The fourth-order valence-corrected chi connectivity index (χ4v) is 4.02. The summed E-state index contributed by atoms with van der Waals surface area (Å²) in [6.45, 7) is 1.69. The number of rotatable bonds is 3. The summed E-state index contributed by atoms with van der Waals surface area (Å²) >= 11 is 0. The first-order chi connectivity index (χ1) is 13.6. The van der Waals surface area contributed by atoms with Crippen LogP contribution < -0.4 is 4.90 Å². The van der Waals surface area contributed by atoms with Gasteiger partial charge in [0.05, 0.1) is 28.9 Å². The van der Waals surface area contributed by atoms with Gasteiger partial charge in [-0.1, -0.05) is 17.2 Å². The molecule has 2 saturated heterocycles. The van der Waals surface area contributed by atoms with Crippen molar-refractivity contribution >= 4 is 23.5 Å². The van der Waals surface area contributed by atoms with Gasteiger partial charge < -0.3 is 14.5 Å². The molecule has 0 aliphatic carbocycles. The molecule has 0 spiro atoms. The van der Waals surface area contributed by atoms with Crippen LogP contribution in [-0.4, -0.2) is 48.1 Å². The molecule has 3 aliphatic heterocycles. The van der Waals surface area contributed by atoms with Crippen molar-refractivity contribution in [2.45, 2.75) is 25.0 Å². The van der Waals surface area contributed by atoms with Crippen molar-refractivity contribution in [1.82, 2.24) is 5.06 Å². The predicted molar refractivity (Wildman–Crippen MR) is 98.9 cm³/mol. The molecule has 142 valence electrons. The number of fused-ring (bicyclic) bond motifs is 3. The first-order valence-electron chi connectivity index (χ1n) is 9.31. The van der Waals surface area contributed by atoms with Crippen LogP contribution in [0.25, 0.3) is 0 Å². The van der Waals surface area contributed by atoms with Gasteiger partial charge in [0, 0.05) is 18.8 Å². The van der Waals surface area contributed by atoms with E-state index in [9.17, 15) is 14.4 Å². The molecular formula is C21H18N2O5. The molecule has 2 atom stereocenters. The monoisotopic (exact) mass is 378 g/mol. The Balaban J connectivity index is 1.29. The van der Waals surface area contributed by atoms with E-state index in [4.69, 9.17) is 9.57 Å². The summed E-state index contributed by atoms with van der Waals surface area (Å²) in [6.07, 6.45) is 2.73. The minimum Gasteiger partial charge on any atom is -0.371 e. The normalized spacial score (nSPS) is 23.1. The average molecular weight is 378 g/mol. The molecule has 0 N–H and O–H groups in total. The molecule has 3 aliphatic rings. The maximum absolute atomic E-state index is 12.4. The smallest absolute Gasteiger partial charge is 0.363 e. The maximum atomic E-state index is 12.4. The standard InChI is InChI=1S/C21H18N2O5/c24-19-17-3-1-2-4-18(17)20(25)23(19)28-21(26)13-5-7-14(8-6-13)22-11-15-9-10-16(12-22)27-15/h1-8,15-16H,9-12H2. The van der Waals surface area contributed by atoms with Crippen LogP contribution >= 0.6 is 0 Å². The Labute approximate surface area is 161 Å². The Morgan fingerprint density at radius 1 is 0.893 bits per heavy atom. The van der Waals surface area contributed by atoms with Crippen molar-refractivity contribution < 1.29 is 24.0 Å². The summed E-state index contributed by atoms with van der Waals surface area (Å²) < 4.78 is 5.85. The van der Waals surface area contributed by atoms with Gasteiger partial charge in [0.2, 0.25) is 0 Å². The highest BCUT2D eigenvalue weighted by molar-refractivity contribution is 6.21. The third-order valence-corrected chi connectivity index (χ3v) is 5.44. The first-order valence-corrected chi connectivity index (χ1v) is 9.31. The molecule has 0 saturated carbocycles. The van der Waals surface area contributed by atoms with Gasteiger partial charge in [0.15, 0.2) is 0 Å².